The van der Waals surface area contributed by atoms with Gasteiger partial charge in [0, 0.05) is 29.6 Å². The molecule has 1 unspecified atom stereocenters. The number of likely N-dealkylation sites (N-methyl/N-ethyl adjacent to an activating group) is 1. The number of nitrogens with one attached hydrogen (secondary N) is 2. The summed E-state index contributed by atoms with van der Waals surface area (Å²) < 4.78 is 7.19. The lowest BCUT2D eigenvalue weighted by atomic mass is 9.95. The second-order valence-corrected chi connectivity index (χ2v) is 8.27. The van der Waals surface area contributed by atoms with Gasteiger partial charge in [-0.1, -0.05) is 36.4 Å². The molecule has 1 atom stereocenters. The maximum Gasteiger partial charge on any atom is 0.271 e. The number of para-hydroxylation sites is 2. The molecule has 8 nitrogen and oxygen atoms in total. The molecule has 3 amide bonds. The first-order chi connectivity index (χ1) is 15.9. The number of ether oxygens (including phenoxy) is 1. The van der Waals surface area contributed by atoms with Gasteiger partial charge in [-0.05, 0) is 32.0 Å². The van der Waals surface area contributed by atoms with Crippen LogP contribution in [-0.4, -0.2) is 52.9 Å². The van der Waals surface area contributed by atoms with Crippen molar-refractivity contribution >= 4 is 28.6 Å². The van der Waals surface area contributed by atoms with Crippen LogP contribution in [0, 0.1) is 0 Å². The third-order valence-electron chi connectivity index (χ3n) is 6.22. The van der Waals surface area contributed by atoms with Gasteiger partial charge in [0.25, 0.3) is 5.91 Å². The van der Waals surface area contributed by atoms with Crippen LogP contribution in [0.2, 0.25) is 0 Å². The van der Waals surface area contributed by atoms with Gasteiger partial charge in [0.2, 0.25) is 11.8 Å². The predicted octanol–water partition coefficient (Wildman–Crippen LogP) is 2.32. The van der Waals surface area contributed by atoms with Gasteiger partial charge in [-0.25, -0.2) is 0 Å². The fraction of sp³-hybridized carbons (Fsp3) is 0.320. The molecule has 4 rings (SSSR count). The average molecular weight is 449 g/mol. The monoisotopic (exact) mass is 448 g/mol. The van der Waals surface area contributed by atoms with E-state index >= 15 is 0 Å². The smallest absolute Gasteiger partial charge is 0.271 e. The van der Waals surface area contributed by atoms with Crippen LogP contribution >= 0.6 is 0 Å². The Balaban J connectivity index is 1.46. The van der Waals surface area contributed by atoms with Crippen LogP contribution in [-0.2, 0) is 22.7 Å². The maximum absolute atomic E-state index is 13.3. The lowest BCUT2D eigenvalue weighted by Gasteiger charge is -2.43. The van der Waals surface area contributed by atoms with E-state index in [-0.39, 0.29) is 30.8 Å². The Hall–Kier alpha value is -3.81. The molecule has 33 heavy (non-hydrogen) atoms. The van der Waals surface area contributed by atoms with E-state index < -0.39 is 5.54 Å². The largest absolute Gasteiger partial charge is 0.496 e. The second kappa shape index (κ2) is 8.97. The summed E-state index contributed by atoms with van der Waals surface area (Å²) in [4.78, 5) is 40.5. The highest BCUT2D eigenvalue weighted by molar-refractivity contribution is 6.04. The van der Waals surface area contributed by atoms with Crippen LogP contribution in [0.25, 0.3) is 10.9 Å². The molecule has 0 bridgehead atoms. The van der Waals surface area contributed by atoms with Gasteiger partial charge >= 0.3 is 0 Å². The molecule has 1 aliphatic rings. The number of hydrogen-bond acceptors (Lipinski definition) is 4. The zero-order valence-electron chi connectivity index (χ0n) is 19.1. The van der Waals surface area contributed by atoms with Crippen molar-refractivity contribution in [2.45, 2.75) is 32.5 Å². The fourth-order valence-corrected chi connectivity index (χ4v) is 4.46. The highest BCUT2D eigenvalue weighted by atomic mass is 16.5. The number of hydrogen-bond donors (Lipinski definition) is 2. The third kappa shape index (κ3) is 4.04. The molecule has 2 heterocycles. The summed E-state index contributed by atoms with van der Waals surface area (Å²) in [6.45, 7) is 4.38. The number of carbonyl (C=O) groups excluding carboxylic acids is 3. The minimum Gasteiger partial charge on any atom is -0.496 e. The molecule has 0 fully saturated rings. The van der Waals surface area contributed by atoms with E-state index in [9.17, 15) is 14.4 Å². The van der Waals surface area contributed by atoms with E-state index in [0.717, 1.165) is 16.5 Å². The number of carbonyl (C=O) groups is 3. The van der Waals surface area contributed by atoms with Gasteiger partial charge in [-0.3, -0.25) is 14.4 Å². The average Bonchev–Trinajstić information content (AvgIpc) is 3.20. The number of benzene rings is 2. The Morgan fingerprint density at radius 1 is 1.09 bits per heavy atom. The Morgan fingerprint density at radius 3 is 2.58 bits per heavy atom. The van der Waals surface area contributed by atoms with Crippen LogP contribution < -0.4 is 15.4 Å². The lowest BCUT2D eigenvalue weighted by molar-refractivity contribution is -0.134. The molecule has 3 aromatic rings. The molecule has 2 N–H and O–H groups in total. The summed E-state index contributed by atoms with van der Waals surface area (Å²) in [5.41, 5.74) is 1.19. The van der Waals surface area contributed by atoms with Gasteiger partial charge in [0.1, 0.15) is 17.0 Å². The van der Waals surface area contributed by atoms with Crippen molar-refractivity contribution in [3.05, 3.63) is 65.9 Å². The van der Waals surface area contributed by atoms with Crippen molar-refractivity contribution in [3.8, 4) is 5.75 Å². The van der Waals surface area contributed by atoms with Crippen molar-refractivity contribution in [2.24, 2.45) is 0 Å². The molecular weight excluding hydrogens is 420 g/mol. The maximum atomic E-state index is 13.3. The van der Waals surface area contributed by atoms with E-state index in [4.69, 9.17) is 4.74 Å². The molecule has 0 saturated carbocycles. The van der Waals surface area contributed by atoms with Crippen molar-refractivity contribution in [1.29, 1.82) is 0 Å². The molecule has 0 spiro atoms. The van der Waals surface area contributed by atoms with Gasteiger partial charge in [0.05, 0.1) is 20.2 Å². The first-order valence-electron chi connectivity index (χ1n) is 11.0. The quantitative estimate of drug-likeness (QED) is 0.580. The number of methoxy groups -OCH3 is 1. The zero-order chi connectivity index (χ0) is 23.6. The first kappa shape index (κ1) is 22.4. The Bertz CT molecular complexity index is 1220. The lowest BCUT2D eigenvalue weighted by Crippen LogP contribution is -2.64. The Labute approximate surface area is 192 Å². The molecule has 2 aromatic carbocycles. The second-order valence-electron chi connectivity index (χ2n) is 8.27. The molecule has 0 aliphatic carbocycles. The van der Waals surface area contributed by atoms with Gasteiger partial charge in [0.15, 0.2) is 0 Å². The Kier molecular flexibility index (Phi) is 6.09. The molecule has 1 aliphatic heterocycles. The number of nitrogens with zero attached hydrogens (tertiary/aromatic N) is 2. The van der Waals surface area contributed by atoms with E-state index in [1.807, 2.05) is 66.1 Å². The van der Waals surface area contributed by atoms with Crippen LogP contribution in [0.5, 0.6) is 5.75 Å². The van der Waals surface area contributed by atoms with Crippen molar-refractivity contribution in [1.82, 2.24) is 20.1 Å². The molecule has 0 radical (unpaired) electrons. The van der Waals surface area contributed by atoms with E-state index in [2.05, 4.69) is 10.6 Å². The fourth-order valence-electron chi connectivity index (χ4n) is 4.46. The SMILES string of the molecule is CCN1C(=O)c2cc3ccccc3n2CC1(C)C(=O)NCC(=O)NCc1ccccc1OC. The zero-order valence-corrected chi connectivity index (χ0v) is 19.1. The normalized spacial score (nSPS) is 17.5. The van der Waals surface area contributed by atoms with Crippen molar-refractivity contribution in [2.75, 3.05) is 20.2 Å². The van der Waals surface area contributed by atoms with Crippen LogP contribution in [0.3, 0.4) is 0 Å². The molecule has 172 valence electrons. The number of amides is 3. The van der Waals surface area contributed by atoms with E-state index in [1.165, 1.54) is 0 Å². The first-order valence-corrected chi connectivity index (χ1v) is 11.0. The number of rotatable bonds is 7. The summed E-state index contributed by atoms with van der Waals surface area (Å²) in [5, 5.41) is 6.47. The summed E-state index contributed by atoms with van der Waals surface area (Å²) in [6, 6.07) is 17.0. The summed E-state index contributed by atoms with van der Waals surface area (Å²) in [5.74, 6) is -0.203. The molecular formula is C25H28N4O4. The Morgan fingerprint density at radius 2 is 1.82 bits per heavy atom. The molecule has 1 aromatic heterocycles. The van der Waals surface area contributed by atoms with Crippen molar-refractivity contribution < 1.29 is 19.1 Å². The summed E-state index contributed by atoms with van der Waals surface area (Å²) in [7, 11) is 1.58. The third-order valence-corrected chi connectivity index (χ3v) is 6.22. The topological polar surface area (TPSA) is 92.7 Å². The minimum atomic E-state index is -1.12. The van der Waals surface area contributed by atoms with Crippen LogP contribution in [0.1, 0.15) is 29.9 Å². The van der Waals surface area contributed by atoms with Crippen molar-refractivity contribution in [3.63, 3.8) is 0 Å². The number of fused-ring (bicyclic) bond motifs is 3. The minimum absolute atomic E-state index is 0.186. The van der Waals surface area contributed by atoms with Gasteiger partial charge in [-0.15, -0.1) is 0 Å². The van der Waals surface area contributed by atoms with Crippen LogP contribution in [0.15, 0.2) is 54.6 Å². The highest BCUT2D eigenvalue weighted by Gasteiger charge is 2.46. The van der Waals surface area contributed by atoms with E-state index in [1.54, 1.807) is 18.9 Å². The van der Waals surface area contributed by atoms with Gasteiger partial charge < -0.3 is 24.8 Å². The molecule has 8 heteroatoms. The van der Waals surface area contributed by atoms with Gasteiger partial charge in [-0.2, -0.15) is 0 Å². The summed E-state index contributed by atoms with van der Waals surface area (Å²) in [6.07, 6.45) is 0. The molecule has 0 saturated heterocycles. The standard InChI is InChI=1S/C25H28N4O4/c1-4-29-23(31)20-13-17-9-5-7-11-19(17)28(20)16-25(29,2)24(32)27-15-22(30)26-14-18-10-6-8-12-21(18)33-3/h5-13H,4,14-16H2,1-3H3,(H,26,30)(H,27,32). The number of aromatic nitrogens is 1. The van der Waals surface area contributed by atoms with Crippen LogP contribution in [0.4, 0.5) is 0 Å². The summed E-state index contributed by atoms with van der Waals surface area (Å²) >= 11 is 0. The van der Waals surface area contributed by atoms with E-state index in [0.29, 0.717) is 24.5 Å². The highest BCUT2D eigenvalue weighted by Crippen LogP contribution is 2.32. The predicted molar refractivity (Wildman–Crippen MR) is 125 cm³/mol.